The van der Waals surface area contributed by atoms with Crippen LogP contribution in [0.1, 0.15) is 24.2 Å². The number of benzene rings is 2. The number of carbonyl (C=O) groups excluding carboxylic acids is 1. The zero-order valence-corrected chi connectivity index (χ0v) is 23.2. The number of fused-ring (bicyclic) bond motifs is 1. The van der Waals surface area contributed by atoms with Crippen LogP contribution in [0.4, 0.5) is 15.2 Å². The summed E-state index contributed by atoms with van der Waals surface area (Å²) in [4.78, 5) is 47.7. The molecule has 1 aliphatic rings. The molecule has 1 N–H and O–H groups in total. The van der Waals surface area contributed by atoms with Gasteiger partial charge in [-0.1, -0.05) is 30.3 Å². The first-order chi connectivity index (χ1) is 19.3. The largest absolute Gasteiger partial charge is 0.477 e. The third-order valence-corrected chi connectivity index (χ3v) is 8.07. The van der Waals surface area contributed by atoms with Crippen LogP contribution < -0.4 is 15.2 Å². The van der Waals surface area contributed by atoms with Gasteiger partial charge in [-0.3, -0.25) is 19.4 Å². The molecule has 1 fully saturated rings. The van der Waals surface area contributed by atoms with Crippen molar-refractivity contribution in [1.29, 1.82) is 0 Å². The number of carbonyl (C=O) groups is 2. The second-order valence-electron chi connectivity index (χ2n) is 9.57. The highest BCUT2D eigenvalue weighted by Gasteiger charge is 2.26. The molecule has 0 saturated carbocycles. The average molecular weight is 564 g/mol. The molecule has 0 aliphatic carbocycles. The van der Waals surface area contributed by atoms with E-state index in [-0.39, 0.29) is 23.4 Å². The Morgan fingerprint density at radius 2 is 1.82 bits per heavy atom. The van der Waals surface area contributed by atoms with Crippen LogP contribution in [0.5, 0.6) is 0 Å². The molecule has 0 bridgehead atoms. The number of aromatic nitrogens is 2. The van der Waals surface area contributed by atoms with Crippen molar-refractivity contribution in [2.24, 2.45) is 0 Å². The Bertz CT molecular complexity index is 1610. The number of likely N-dealkylation sites (N-methyl/N-ethyl adjacent to an activating group) is 1. The highest BCUT2D eigenvalue weighted by molar-refractivity contribution is 7.14. The lowest BCUT2D eigenvalue weighted by molar-refractivity contribution is -0.119. The van der Waals surface area contributed by atoms with Gasteiger partial charge in [0.25, 0.3) is 0 Å². The van der Waals surface area contributed by atoms with Gasteiger partial charge < -0.3 is 14.6 Å². The van der Waals surface area contributed by atoms with Crippen molar-refractivity contribution >= 4 is 44.9 Å². The van der Waals surface area contributed by atoms with Gasteiger partial charge in [-0.2, -0.15) is 0 Å². The van der Waals surface area contributed by atoms with Gasteiger partial charge in [0, 0.05) is 61.8 Å². The smallest absolute Gasteiger partial charge is 0.341 e. The third kappa shape index (κ3) is 5.34. The highest BCUT2D eigenvalue weighted by Crippen LogP contribution is 2.29. The molecular formula is C29H30FN5O4S. The topological polar surface area (TPSA) is 99.0 Å². The van der Waals surface area contributed by atoms with Gasteiger partial charge in [0.05, 0.1) is 23.4 Å². The van der Waals surface area contributed by atoms with E-state index < -0.39 is 17.2 Å². The van der Waals surface area contributed by atoms with Crippen molar-refractivity contribution in [3.05, 3.63) is 75.6 Å². The van der Waals surface area contributed by atoms with Gasteiger partial charge in [-0.25, -0.2) is 14.2 Å². The fourth-order valence-electron chi connectivity index (χ4n) is 5.03. The number of pyridine rings is 1. The van der Waals surface area contributed by atoms with Gasteiger partial charge in [0.2, 0.25) is 11.3 Å². The van der Waals surface area contributed by atoms with E-state index in [0.717, 1.165) is 17.3 Å². The minimum Gasteiger partial charge on any atom is -0.477 e. The first-order valence-electron chi connectivity index (χ1n) is 13.2. The summed E-state index contributed by atoms with van der Waals surface area (Å²) in [5, 5.41) is 12.0. The summed E-state index contributed by atoms with van der Waals surface area (Å²) in [6.45, 7) is 7.05. The van der Waals surface area contributed by atoms with Crippen LogP contribution in [0.3, 0.4) is 0 Å². The predicted octanol–water partition coefficient (Wildman–Crippen LogP) is 4.16. The molecule has 0 radical (unpaired) electrons. The number of halogens is 1. The SMILES string of the molecule is CCN(C(=O)CN1CCN(c2cc3c(cc2F)c(=O)c(C(=O)O)cn3CC)CC1)c1nc(-c2ccccc2)cs1. The number of rotatable bonds is 8. The number of anilines is 2. The molecule has 1 saturated heterocycles. The summed E-state index contributed by atoms with van der Waals surface area (Å²) < 4.78 is 16.9. The molecule has 0 atom stereocenters. The molecule has 9 nitrogen and oxygen atoms in total. The maximum Gasteiger partial charge on any atom is 0.341 e. The van der Waals surface area contributed by atoms with Crippen molar-refractivity contribution in [2.45, 2.75) is 20.4 Å². The number of carboxylic acids is 1. The molecule has 2 aromatic heterocycles. The Balaban J connectivity index is 1.28. The zero-order chi connectivity index (χ0) is 28.4. The molecule has 0 spiro atoms. The Kier molecular flexibility index (Phi) is 7.95. The van der Waals surface area contributed by atoms with Crippen LogP contribution in [0.2, 0.25) is 0 Å². The van der Waals surface area contributed by atoms with E-state index in [9.17, 15) is 19.5 Å². The second-order valence-corrected chi connectivity index (χ2v) is 10.4. The summed E-state index contributed by atoms with van der Waals surface area (Å²) in [5.74, 6) is -1.95. The van der Waals surface area contributed by atoms with Crippen molar-refractivity contribution in [3.8, 4) is 11.3 Å². The van der Waals surface area contributed by atoms with E-state index in [1.165, 1.54) is 17.5 Å². The number of hydrogen-bond acceptors (Lipinski definition) is 7. The standard InChI is InChI=1S/C29H30FN5O4S/c1-3-33-16-21(28(38)39)27(37)20-14-22(30)25(15-24(20)33)34-12-10-32(11-13-34)17-26(36)35(4-2)29-31-23(18-40-29)19-8-6-5-7-9-19/h5-9,14-16,18H,3-4,10-13,17H2,1-2H3,(H,38,39). The van der Waals surface area contributed by atoms with Crippen LogP contribution in [-0.2, 0) is 11.3 Å². The number of thiazole rings is 1. The minimum atomic E-state index is -1.34. The molecule has 3 heterocycles. The fraction of sp³-hybridized carbons (Fsp3) is 0.310. The van der Waals surface area contributed by atoms with Crippen molar-refractivity contribution < 1.29 is 19.1 Å². The number of aromatic carboxylic acids is 1. The molecule has 0 unspecified atom stereocenters. The first kappa shape index (κ1) is 27.5. The molecular weight excluding hydrogens is 533 g/mol. The van der Waals surface area contributed by atoms with Gasteiger partial charge >= 0.3 is 5.97 Å². The molecule has 4 aromatic rings. The van der Waals surface area contributed by atoms with E-state index in [2.05, 4.69) is 4.98 Å². The maximum atomic E-state index is 15.2. The second kappa shape index (κ2) is 11.6. The van der Waals surface area contributed by atoms with Crippen molar-refractivity contribution in [1.82, 2.24) is 14.5 Å². The Morgan fingerprint density at radius 1 is 1.10 bits per heavy atom. The first-order valence-corrected chi connectivity index (χ1v) is 14.1. The van der Waals surface area contributed by atoms with Gasteiger partial charge in [-0.15, -0.1) is 11.3 Å². The molecule has 11 heteroatoms. The molecule has 1 amide bonds. The number of nitrogens with zero attached hydrogens (tertiary/aromatic N) is 5. The van der Waals surface area contributed by atoms with Crippen LogP contribution in [0, 0.1) is 5.82 Å². The van der Waals surface area contributed by atoms with Gasteiger partial charge in [-0.05, 0) is 26.0 Å². The lowest BCUT2D eigenvalue weighted by atomic mass is 10.1. The number of hydrogen-bond donors (Lipinski definition) is 1. The average Bonchev–Trinajstić information content (AvgIpc) is 3.44. The fourth-order valence-corrected chi connectivity index (χ4v) is 5.94. The van der Waals surface area contributed by atoms with E-state index >= 15 is 4.39 Å². The number of carboxylic acid groups (broad SMARTS) is 1. The Morgan fingerprint density at radius 3 is 2.48 bits per heavy atom. The molecule has 5 rings (SSSR count). The van der Waals surface area contributed by atoms with Crippen molar-refractivity contribution in [2.75, 3.05) is 49.1 Å². The summed E-state index contributed by atoms with van der Waals surface area (Å²) in [6, 6.07) is 12.6. The Hall–Kier alpha value is -4.09. The van der Waals surface area contributed by atoms with E-state index in [1.54, 1.807) is 15.5 Å². The van der Waals surface area contributed by atoms with E-state index in [0.29, 0.717) is 55.6 Å². The van der Waals surface area contributed by atoms with Crippen LogP contribution in [-0.4, -0.2) is 70.7 Å². The zero-order valence-electron chi connectivity index (χ0n) is 22.3. The highest BCUT2D eigenvalue weighted by atomic mass is 32.1. The minimum absolute atomic E-state index is 0.0389. The molecule has 2 aromatic carbocycles. The lowest BCUT2D eigenvalue weighted by Gasteiger charge is -2.36. The predicted molar refractivity (Wildman–Crippen MR) is 155 cm³/mol. The summed E-state index contributed by atoms with van der Waals surface area (Å²) in [5.41, 5.74) is 1.61. The van der Waals surface area contributed by atoms with Crippen molar-refractivity contribution in [3.63, 3.8) is 0 Å². The number of aryl methyl sites for hydroxylation is 1. The normalized spacial score (nSPS) is 14.0. The number of amides is 1. The van der Waals surface area contributed by atoms with E-state index in [4.69, 9.17) is 0 Å². The summed E-state index contributed by atoms with van der Waals surface area (Å²) >= 11 is 1.44. The van der Waals surface area contributed by atoms with Crippen LogP contribution in [0.15, 0.2) is 58.8 Å². The van der Waals surface area contributed by atoms with Crippen LogP contribution in [0.25, 0.3) is 22.2 Å². The lowest BCUT2D eigenvalue weighted by Crippen LogP contribution is -2.50. The molecule has 40 heavy (non-hydrogen) atoms. The quantitative estimate of drug-likeness (QED) is 0.344. The van der Waals surface area contributed by atoms with Gasteiger partial charge in [0.15, 0.2) is 5.13 Å². The molecule has 208 valence electrons. The Labute approximate surface area is 234 Å². The summed E-state index contributed by atoms with van der Waals surface area (Å²) in [6.07, 6.45) is 1.31. The van der Waals surface area contributed by atoms with Gasteiger partial charge in [0.1, 0.15) is 11.4 Å². The summed E-state index contributed by atoms with van der Waals surface area (Å²) in [7, 11) is 0. The van der Waals surface area contributed by atoms with Crippen LogP contribution >= 0.6 is 11.3 Å². The maximum absolute atomic E-state index is 15.2. The monoisotopic (exact) mass is 563 g/mol. The van der Waals surface area contributed by atoms with E-state index in [1.807, 2.05) is 59.4 Å². The number of piperazine rings is 1. The molecule has 1 aliphatic heterocycles. The third-order valence-electron chi connectivity index (χ3n) is 7.20.